The van der Waals surface area contributed by atoms with Crippen molar-refractivity contribution in [2.75, 3.05) is 5.73 Å². The zero-order valence-electron chi connectivity index (χ0n) is 7.68. The lowest BCUT2D eigenvalue weighted by molar-refractivity contribution is 0.321. The van der Waals surface area contributed by atoms with Crippen molar-refractivity contribution >= 4 is 23.1 Å². The first-order chi connectivity index (χ1) is 7.24. The number of nitrogens with two attached hydrogens (primary N) is 1. The van der Waals surface area contributed by atoms with Crippen molar-refractivity contribution in [3.63, 3.8) is 0 Å². The largest absolute Gasteiger partial charge is 0.440 e. The molecule has 0 aliphatic heterocycles. The Morgan fingerprint density at radius 3 is 2.87 bits per heavy atom. The van der Waals surface area contributed by atoms with Gasteiger partial charge in [0.25, 0.3) is 0 Å². The van der Waals surface area contributed by atoms with Gasteiger partial charge >= 0.3 is 0 Å². The smallest absolute Gasteiger partial charge is 0.203 e. The van der Waals surface area contributed by atoms with Crippen molar-refractivity contribution < 1.29 is 9.62 Å². The topological polar surface area (TPSA) is 88.8 Å². The van der Waals surface area contributed by atoms with Crippen molar-refractivity contribution in [2.24, 2.45) is 5.16 Å². The van der Waals surface area contributed by atoms with E-state index in [1.54, 1.807) is 24.3 Å². The van der Waals surface area contributed by atoms with Gasteiger partial charge in [0.15, 0.2) is 0 Å². The van der Waals surface area contributed by atoms with E-state index < -0.39 is 0 Å². The molecule has 0 saturated heterocycles. The Morgan fingerprint density at radius 1 is 1.40 bits per heavy atom. The van der Waals surface area contributed by atoms with Gasteiger partial charge in [-0.1, -0.05) is 17.3 Å². The third-order valence-corrected chi connectivity index (χ3v) is 2.05. The monoisotopic (exact) mass is 204 g/mol. The van der Waals surface area contributed by atoms with Gasteiger partial charge in [-0.2, -0.15) is 0 Å². The molecule has 0 aliphatic carbocycles. The lowest BCUT2D eigenvalue weighted by Gasteiger charge is -2.00. The van der Waals surface area contributed by atoms with Gasteiger partial charge in [-0.3, -0.25) is 4.79 Å². The summed E-state index contributed by atoms with van der Waals surface area (Å²) in [6, 6.07) is 6.72. The van der Waals surface area contributed by atoms with Crippen LogP contribution in [0.25, 0.3) is 11.0 Å². The molecule has 15 heavy (non-hydrogen) atoms. The van der Waals surface area contributed by atoms with Crippen molar-refractivity contribution in [3.8, 4) is 0 Å². The van der Waals surface area contributed by atoms with Gasteiger partial charge in [-0.15, -0.1) is 0 Å². The molecular weight excluding hydrogens is 196 g/mol. The molecule has 0 spiro atoms. The van der Waals surface area contributed by atoms with Crippen LogP contribution in [-0.4, -0.2) is 11.4 Å². The second-order valence-corrected chi connectivity index (χ2v) is 2.95. The van der Waals surface area contributed by atoms with E-state index in [2.05, 4.69) is 5.16 Å². The molecule has 1 heterocycles. The molecular formula is C10H8N2O3. The highest BCUT2D eigenvalue weighted by Crippen LogP contribution is 2.15. The van der Waals surface area contributed by atoms with E-state index in [4.69, 9.17) is 15.4 Å². The molecule has 3 N–H and O–H groups in total. The van der Waals surface area contributed by atoms with Crippen molar-refractivity contribution in [2.45, 2.75) is 0 Å². The third kappa shape index (κ3) is 1.43. The van der Waals surface area contributed by atoms with E-state index in [1.165, 1.54) is 0 Å². The van der Waals surface area contributed by atoms with E-state index >= 15 is 0 Å². The van der Waals surface area contributed by atoms with Gasteiger partial charge in [0, 0.05) is 0 Å². The minimum absolute atomic E-state index is 0.0520. The summed E-state index contributed by atoms with van der Waals surface area (Å²) in [6.07, 6.45) is 0.966. The first-order valence-corrected chi connectivity index (χ1v) is 4.23. The number of oxime groups is 1. The summed E-state index contributed by atoms with van der Waals surface area (Å²) in [5, 5.41) is 11.5. The van der Waals surface area contributed by atoms with Crippen LogP contribution in [0.3, 0.4) is 0 Å². The van der Waals surface area contributed by atoms with Crippen LogP contribution in [0.1, 0.15) is 5.56 Å². The SMILES string of the molecule is Nc1oc2ccccc2c(=O)c1C=NO. The summed E-state index contributed by atoms with van der Waals surface area (Å²) < 4.78 is 5.20. The second-order valence-electron chi connectivity index (χ2n) is 2.95. The standard InChI is InChI=1S/C10H8N2O3/c11-10-7(5-12-14)9(13)6-3-1-2-4-8(6)15-10/h1-5,14H,11H2. The Hall–Kier alpha value is -2.30. The fourth-order valence-electron chi connectivity index (χ4n) is 1.35. The lowest BCUT2D eigenvalue weighted by Crippen LogP contribution is -2.11. The van der Waals surface area contributed by atoms with Crippen LogP contribution in [0, 0.1) is 0 Å². The van der Waals surface area contributed by atoms with Crippen LogP contribution in [0.15, 0.2) is 38.6 Å². The number of hydrogen-bond acceptors (Lipinski definition) is 5. The Bertz CT molecular complexity index is 587. The maximum Gasteiger partial charge on any atom is 0.203 e. The van der Waals surface area contributed by atoms with Crippen LogP contribution in [0.4, 0.5) is 5.88 Å². The number of hydrogen-bond donors (Lipinski definition) is 2. The third-order valence-electron chi connectivity index (χ3n) is 2.05. The van der Waals surface area contributed by atoms with Crippen molar-refractivity contribution in [3.05, 3.63) is 40.1 Å². The molecule has 0 unspecified atom stereocenters. The Morgan fingerprint density at radius 2 is 2.13 bits per heavy atom. The van der Waals surface area contributed by atoms with Crippen LogP contribution < -0.4 is 11.2 Å². The number of anilines is 1. The second kappa shape index (κ2) is 3.45. The molecule has 1 aromatic heterocycles. The molecule has 2 rings (SSSR count). The zero-order chi connectivity index (χ0) is 10.8. The van der Waals surface area contributed by atoms with E-state index in [1.807, 2.05) is 0 Å². The highest BCUT2D eigenvalue weighted by atomic mass is 16.4. The number of para-hydroxylation sites is 1. The molecule has 76 valence electrons. The average Bonchev–Trinajstić information content (AvgIpc) is 2.24. The van der Waals surface area contributed by atoms with E-state index in [0.29, 0.717) is 11.0 Å². The Kier molecular flexibility index (Phi) is 2.13. The highest BCUT2D eigenvalue weighted by molar-refractivity contribution is 5.90. The van der Waals surface area contributed by atoms with Gasteiger partial charge < -0.3 is 15.4 Å². The maximum absolute atomic E-state index is 11.8. The molecule has 1 aromatic carbocycles. The van der Waals surface area contributed by atoms with Crippen LogP contribution in [-0.2, 0) is 0 Å². The first kappa shape index (κ1) is 9.26. The van der Waals surface area contributed by atoms with E-state index in [-0.39, 0.29) is 16.9 Å². The summed E-state index contributed by atoms with van der Waals surface area (Å²) >= 11 is 0. The number of nitrogens with zero attached hydrogens (tertiary/aromatic N) is 1. The van der Waals surface area contributed by atoms with Gasteiger partial charge in [-0.25, -0.2) is 0 Å². The first-order valence-electron chi connectivity index (χ1n) is 4.23. The molecule has 5 nitrogen and oxygen atoms in total. The molecule has 0 radical (unpaired) electrons. The molecule has 0 saturated carbocycles. The quantitative estimate of drug-likeness (QED) is 0.414. The summed E-state index contributed by atoms with van der Waals surface area (Å²) in [5.41, 5.74) is 5.66. The Balaban J connectivity index is 2.90. The molecule has 5 heteroatoms. The van der Waals surface area contributed by atoms with E-state index in [9.17, 15) is 4.79 Å². The Labute approximate surface area is 84.4 Å². The van der Waals surface area contributed by atoms with Crippen molar-refractivity contribution in [1.29, 1.82) is 0 Å². The van der Waals surface area contributed by atoms with E-state index in [0.717, 1.165) is 6.21 Å². The normalized spacial score (nSPS) is 11.2. The van der Waals surface area contributed by atoms with Crippen molar-refractivity contribution in [1.82, 2.24) is 0 Å². The fourth-order valence-corrected chi connectivity index (χ4v) is 1.35. The predicted octanol–water partition coefficient (Wildman–Crippen LogP) is 1.18. The molecule has 0 fully saturated rings. The van der Waals surface area contributed by atoms with Crippen LogP contribution in [0.5, 0.6) is 0 Å². The summed E-state index contributed by atoms with van der Waals surface area (Å²) in [7, 11) is 0. The molecule has 0 aliphatic rings. The lowest BCUT2D eigenvalue weighted by atomic mass is 10.2. The zero-order valence-corrected chi connectivity index (χ0v) is 7.68. The van der Waals surface area contributed by atoms with Gasteiger partial charge in [-0.05, 0) is 12.1 Å². The number of fused-ring (bicyclic) bond motifs is 1. The number of benzene rings is 1. The highest BCUT2D eigenvalue weighted by Gasteiger charge is 2.09. The van der Waals surface area contributed by atoms with Gasteiger partial charge in [0.1, 0.15) is 11.1 Å². The van der Waals surface area contributed by atoms with Crippen LogP contribution >= 0.6 is 0 Å². The molecule has 0 atom stereocenters. The molecule has 2 aromatic rings. The van der Waals surface area contributed by atoms with Crippen LogP contribution in [0.2, 0.25) is 0 Å². The maximum atomic E-state index is 11.8. The average molecular weight is 204 g/mol. The molecule has 0 bridgehead atoms. The summed E-state index contributed by atoms with van der Waals surface area (Å²) in [5.74, 6) is -0.0588. The van der Waals surface area contributed by atoms with Gasteiger partial charge in [0.2, 0.25) is 11.3 Å². The minimum Gasteiger partial charge on any atom is -0.440 e. The fraction of sp³-hybridized carbons (Fsp3) is 0. The summed E-state index contributed by atoms with van der Waals surface area (Å²) in [6.45, 7) is 0. The molecule has 0 amide bonds. The number of nitrogen functional groups attached to an aromatic ring is 1. The predicted molar refractivity (Wildman–Crippen MR) is 56.3 cm³/mol. The number of rotatable bonds is 1. The summed E-state index contributed by atoms with van der Waals surface area (Å²) in [4.78, 5) is 11.8. The van der Waals surface area contributed by atoms with Gasteiger partial charge in [0.05, 0.1) is 11.6 Å². The minimum atomic E-state index is -0.313.